The van der Waals surface area contributed by atoms with Gasteiger partial charge in [-0.15, -0.1) is 0 Å². The summed E-state index contributed by atoms with van der Waals surface area (Å²) in [4.78, 5) is 68.8. The Labute approximate surface area is 554 Å². The van der Waals surface area contributed by atoms with Gasteiger partial charge in [0.05, 0.1) is 22.3 Å². The molecule has 25 heteroatoms. The van der Waals surface area contributed by atoms with Crippen molar-refractivity contribution in [2.45, 2.75) is 201 Å². The van der Waals surface area contributed by atoms with Crippen LogP contribution in [0.25, 0.3) is 0 Å². The van der Waals surface area contributed by atoms with Gasteiger partial charge < -0.3 is 41.0 Å². The number of esters is 2. The molecule has 0 unspecified atom stereocenters. The molecule has 4 aromatic heterocycles. The molecular weight excluding hydrogens is 1370 g/mol. The fourth-order valence-corrected chi connectivity index (χ4v) is 9.67. The third kappa shape index (κ3) is 29.8. The molecule has 2 aliphatic heterocycles. The zero-order valence-electron chi connectivity index (χ0n) is 51.7. The first kappa shape index (κ1) is 76.7. The van der Waals surface area contributed by atoms with Gasteiger partial charge in [-0.05, 0) is 209 Å². The van der Waals surface area contributed by atoms with Crippen molar-refractivity contribution in [3.05, 3.63) is 96.6 Å². The van der Waals surface area contributed by atoms with Crippen LogP contribution in [0.1, 0.15) is 202 Å². The Bertz CT molecular complexity index is 2750. The Hall–Kier alpha value is -3.54. The first-order valence-electron chi connectivity index (χ1n) is 29.0. The molecule has 0 radical (unpaired) electrons. The van der Waals surface area contributed by atoms with Crippen molar-refractivity contribution in [3.8, 4) is 0 Å². The number of carboxylic acids is 2. The maximum absolute atomic E-state index is 12.0. The van der Waals surface area contributed by atoms with Gasteiger partial charge in [0, 0.05) is 55.4 Å². The molecule has 2 saturated heterocycles. The Balaban J connectivity index is 0.000000282. The fourth-order valence-electron chi connectivity index (χ4n) is 8.54. The average molecular weight is 1460 g/mol. The third-order valence-electron chi connectivity index (χ3n) is 13.8. The molecule has 4 aromatic rings. The number of anilines is 3. The van der Waals surface area contributed by atoms with Crippen LogP contribution in [0.4, 0.5) is 17.5 Å². The SMILES string of the molecule is CC(C)(C)N1CCCCC1.CC(C)(C)N1CCN(c2cc(C(=O)O)cc(NC3CCC3)n2)CC1.CC(C)(C)OC(=O)c1cc(Cl)nc(Cl)c1.CC(C)(C)OC(=O)c1cc(Cl)nc(NC2CCC2)c1.NC1CCC1.O=C(O)c1cc(Cl)nc(Cl)c1.[Cu][I]. The van der Waals surface area contributed by atoms with E-state index in [2.05, 4.69) is 99.6 Å². The number of piperidine rings is 1. The minimum absolute atomic E-state index is 0.0370. The number of rotatable bonds is 9. The van der Waals surface area contributed by atoms with E-state index >= 15 is 0 Å². The number of nitrogens with two attached hydrogens (primary N) is 1. The third-order valence-corrected chi connectivity index (χ3v) is 14.8. The van der Waals surface area contributed by atoms with Crippen LogP contribution in [0.3, 0.4) is 0 Å². The monoisotopic (exact) mass is 1450 g/mol. The van der Waals surface area contributed by atoms with E-state index in [9.17, 15) is 24.3 Å². The van der Waals surface area contributed by atoms with Gasteiger partial charge in [-0.1, -0.05) is 70.8 Å². The zero-order chi connectivity index (χ0) is 64.7. The van der Waals surface area contributed by atoms with E-state index in [0.29, 0.717) is 57.1 Å². The number of ether oxygens (including phenoxy) is 2. The standard InChI is InChI=1S/C18H28N4O2.C14H19ClN2O2.C10H11Cl2NO2.C9H19N.C6H3Cl2NO2.C4H9N.Cu.HI/c1-18(2,3)22-9-7-21(8-10-22)16-12-13(17(23)24)11-15(20-16)19-14-5-4-6-14;1-14(2,3)19-13(18)9-7-11(15)17-12(8-9)16-10-5-4-6-10;1-10(2,3)15-9(14)6-4-7(11)13-8(12)5-6;1-9(2,3)10-7-5-4-6-8-10;7-4-1-3(6(10)11)2-5(8)9-4;5-4-2-1-3-4;;/h11-12,14H,4-10H2,1-3H3,(H,19,20)(H,23,24);7-8,10H,4-6H2,1-3H3,(H,16,17);4-5H,1-3H3;4-8H2,1-3H3;1-2H,(H,10,11);4H,1-3,5H2;;1H/q;;;;;;+1;/p-1. The van der Waals surface area contributed by atoms with Crippen molar-refractivity contribution in [1.29, 1.82) is 0 Å². The Kier molecular flexibility index (Phi) is 32.4. The molecule has 5 aliphatic rings. The van der Waals surface area contributed by atoms with Gasteiger partial charge in [0.2, 0.25) is 0 Å². The normalized spacial score (nSPS) is 16.5. The minimum atomic E-state index is -1.07. The van der Waals surface area contributed by atoms with Crippen LogP contribution < -0.4 is 21.3 Å². The quantitative estimate of drug-likeness (QED) is 0.0453. The molecule has 5 fully saturated rings. The van der Waals surface area contributed by atoms with E-state index in [1.54, 1.807) is 59.3 Å². The van der Waals surface area contributed by atoms with Crippen LogP contribution in [-0.2, 0) is 22.2 Å². The Morgan fingerprint density at radius 2 is 0.814 bits per heavy atom. The summed E-state index contributed by atoms with van der Waals surface area (Å²) < 4.78 is 10.5. The van der Waals surface area contributed by atoms with E-state index in [0.717, 1.165) is 57.7 Å². The van der Waals surface area contributed by atoms with Crippen molar-refractivity contribution < 1.29 is 51.6 Å². The maximum atomic E-state index is 12.0. The topological polar surface area (TPSA) is 239 Å². The van der Waals surface area contributed by atoms with Gasteiger partial charge in [-0.3, -0.25) is 9.80 Å². The molecule has 0 atom stereocenters. The van der Waals surface area contributed by atoms with Gasteiger partial charge in [-0.25, -0.2) is 39.1 Å². The molecule has 18 nitrogen and oxygen atoms in total. The number of carboxylic acid groups (broad SMARTS) is 2. The van der Waals surface area contributed by atoms with Gasteiger partial charge in [-0.2, -0.15) is 0 Å². The average Bonchev–Trinajstić information content (AvgIpc) is 2.03. The molecule has 484 valence electrons. The second-order valence-electron chi connectivity index (χ2n) is 25.4. The van der Waals surface area contributed by atoms with Crippen molar-refractivity contribution in [1.82, 2.24) is 29.7 Å². The van der Waals surface area contributed by atoms with E-state index in [1.807, 2.05) is 20.8 Å². The predicted octanol–water partition coefficient (Wildman–Crippen LogP) is 15.4. The van der Waals surface area contributed by atoms with E-state index in [4.69, 9.17) is 78.3 Å². The van der Waals surface area contributed by atoms with Crippen molar-refractivity contribution in [2.24, 2.45) is 5.73 Å². The van der Waals surface area contributed by atoms with Crippen LogP contribution in [0.5, 0.6) is 0 Å². The predicted molar refractivity (Wildman–Crippen MR) is 353 cm³/mol. The number of nitrogens with zero attached hydrogens (tertiary/aromatic N) is 7. The molecule has 6 heterocycles. The number of nitrogens with one attached hydrogen (secondary N) is 2. The zero-order valence-corrected chi connectivity index (χ0v) is 58.6. The fraction of sp³-hybridized carbons (Fsp3) is 0.607. The van der Waals surface area contributed by atoms with Crippen LogP contribution in [-0.4, -0.2) is 144 Å². The van der Waals surface area contributed by atoms with Crippen LogP contribution in [0.2, 0.25) is 25.8 Å². The van der Waals surface area contributed by atoms with E-state index in [-0.39, 0.29) is 37.7 Å². The van der Waals surface area contributed by atoms with E-state index < -0.39 is 29.1 Å². The number of carbonyl (C=O) groups excluding carboxylic acids is 2. The number of hydrogen-bond donors (Lipinski definition) is 5. The summed E-state index contributed by atoms with van der Waals surface area (Å²) in [6.45, 7) is 30.8. The molecule has 6 N–H and O–H groups in total. The second kappa shape index (κ2) is 36.3. The molecule has 3 aliphatic carbocycles. The summed E-state index contributed by atoms with van der Waals surface area (Å²) in [6.07, 6.45) is 15.1. The molecule has 0 bridgehead atoms. The summed E-state index contributed by atoms with van der Waals surface area (Å²) >= 11 is 34.0. The van der Waals surface area contributed by atoms with Gasteiger partial charge >= 0.3 is 57.0 Å². The van der Waals surface area contributed by atoms with Crippen molar-refractivity contribution in [3.63, 3.8) is 0 Å². The van der Waals surface area contributed by atoms with Gasteiger partial charge in [0.25, 0.3) is 0 Å². The summed E-state index contributed by atoms with van der Waals surface area (Å²) in [5.74, 6) is -0.724. The number of halogens is 6. The molecule has 3 saturated carbocycles. The summed E-state index contributed by atoms with van der Waals surface area (Å²) in [5.41, 5.74) is 5.96. The molecule has 0 aromatic carbocycles. The van der Waals surface area contributed by atoms with Crippen LogP contribution in [0, 0.1) is 0 Å². The van der Waals surface area contributed by atoms with Gasteiger partial charge in [0.1, 0.15) is 54.4 Å². The van der Waals surface area contributed by atoms with E-state index in [1.165, 1.54) is 94.8 Å². The number of pyridine rings is 4. The molecule has 0 spiro atoms. The summed E-state index contributed by atoms with van der Waals surface area (Å²) in [7, 11) is 0. The first-order valence-corrected chi connectivity index (χ1v) is 33.9. The number of piperazine rings is 1. The molecule has 0 amide bonds. The number of aromatic carboxylic acids is 2. The Morgan fingerprint density at radius 1 is 0.488 bits per heavy atom. The van der Waals surface area contributed by atoms with Gasteiger partial charge in [0.15, 0.2) is 0 Å². The van der Waals surface area contributed by atoms with Crippen LogP contribution >= 0.6 is 78.3 Å². The molecule has 86 heavy (non-hydrogen) atoms. The number of likely N-dealkylation sites (tertiary alicyclic amines) is 1. The van der Waals surface area contributed by atoms with Crippen LogP contribution in [0.15, 0.2) is 48.5 Å². The summed E-state index contributed by atoms with van der Waals surface area (Å²) in [5, 5.41) is 25.3. The number of aromatic nitrogens is 4. The number of carbonyl (C=O) groups is 4. The number of hydrogen-bond acceptors (Lipinski definition) is 16. The molecule has 9 rings (SSSR count). The van der Waals surface area contributed by atoms with Crippen molar-refractivity contribution in [2.75, 3.05) is 54.8 Å². The first-order chi connectivity index (χ1) is 40.0. The Morgan fingerprint density at radius 3 is 1.14 bits per heavy atom. The second-order valence-corrected chi connectivity index (χ2v) is 27.3. The molecular formula is C61H89Cl5CuIN10O8. The summed E-state index contributed by atoms with van der Waals surface area (Å²) in [6, 6.07) is 13.3. The van der Waals surface area contributed by atoms with Crippen molar-refractivity contribution >= 4 is 120 Å².